The van der Waals surface area contributed by atoms with Gasteiger partial charge in [-0.1, -0.05) is 29.8 Å². The predicted molar refractivity (Wildman–Crippen MR) is 72.2 cm³/mol. The van der Waals surface area contributed by atoms with Crippen LogP contribution in [0.2, 0.25) is 5.15 Å². The average Bonchev–Trinajstić information content (AvgIpc) is 2.84. The van der Waals surface area contributed by atoms with E-state index in [0.717, 1.165) is 22.7 Å². The molecule has 18 heavy (non-hydrogen) atoms. The van der Waals surface area contributed by atoms with Gasteiger partial charge in [0.2, 0.25) is 0 Å². The first kappa shape index (κ1) is 11.1. The summed E-state index contributed by atoms with van der Waals surface area (Å²) in [5.74, 6) is 1.57. The van der Waals surface area contributed by atoms with Crippen LogP contribution in [0.3, 0.4) is 0 Å². The smallest absolute Gasteiger partial charge is 0.149 e. The van der Waals surface area contributed by atoms with Gasteiger partial charge in [-0.2, -0.15) is 0 Å². The summed E-state index contributed by atoms with van der Waals surface area (Å²) in [4.78, 5) is 4.43. The van der Waals surface area contributed by atoms with Crippen LogP contribution in [0.4, 0.5) is 0 Å². The van der Waals surface area contributed by atoms with Gasteiger partial charge in [-0.25, -0.2) is 4.98 Å². The summed E-state index contributed by atoms with van der Waals surface area (Å²) in [6.45, 7) is 0. The topological polar surface area (TPSA) is 26.5 Å². The molecule has 0 amide bonds. The number of rotatable bonds is 2. The largest absolute Gasteiger partial charge is 0.496 e. The molecule has 0 unspecified atom stereocenters. The molecular weight excluding hydrogens is 248 g/mol. The second-order valence-electron chi connectivity index (χ2n) is 3.89. The summed E-state index contributed by atoms with van der Waals surface area (Å²) in [6.07, 6.45) is 1.80. The van der Waals surface area contributed by atoms with E-state index in [1.807, 2.05) is 46.9 Å². The van der Waals surface area contributed by atoms with Gasteiger partial charge in [0, 0.05) is 0 Å². The van der Waals surface area contributed by atoms with Crippen molar-refractivity contribution in [1.29, 1.82) is 0 Å². The molecule has 3 rings (SSSR count). The van der Waals surface area contributed by atoms with E-state index in [4.69, 9.17) is 16.3 Å². The third-order valence-electron chi connectivity index (χ3n) is 2.85. The lowest BCUT2D eigenvalue weighted by Gasteiger charge is -2.08. The van der Waals surface area contributed by atoms with Crippen molar-refractivity contribution in [3.05, 3.63) is 53.8 Å². The van der Waals surface area contributed by atoms with Crippen LogP contribution in [-0.2, 0) is 0 Å². The van der Waals surface area contributed by atoms with Crippen LogP contribution in [-0.4, -0.2) is 16.5 Å². The Kier molecular flexibility index (Phi) is 2.68. The van der Waals surface area contributed by atoms with Crippen molar-refractivity contribution >= 4 is 17.1 Å². The van der Waals surface area contributed by atoms with Gasteiger partial charge >= 0.3 is 0 Å². The highest BCUT2D eigenvalue weighted by Crippen LogP contribution is 2.30. The van der Waals surface area contributed by atoms with Crippen LogP contribution < -0.4 is 4.74 Å². The molecule has 2 heterocycles. The standard InChI is InChI=1S/C14H11ClN2O/c1-18-12-7-3-2-6-11(12)14-16-9-10-5-4-8-13(15)17(10)14/h2-9H,1H3. The molecule has 0 aliphatic heterocycles. The lowest BCUT2D eigenvalue weighted by atomic mass is 10.2. The lowest BCUT2D eigenvalue weighted by molar-refractivity contribution is 0.416. The van der Waals surface area contributed by atoms with Gasteiger partial charge in [-0.05, 0) is 24.3 Å². The van der Waals surface area contributed by atoms with Crippen LogP contribution in [0.5, 0.6) is 5.75 Å². The molecule has 0 radical (unpaired) electrons. The van der Waals surface area contributed by atoms with E-state index < -0.39 is 0 Å². The zero-order valence-corrected chi connectivity index (χ0v) is 10.6. The molecule has 0 spiro atoms. The molecular formula is C14H11ClN2O. The number of fused-ring (bicyclic) bond motifs is 1. The number of hydrogen-bond acceptors (Lipinski definition) is 2. The number of benzene rings is 1. The summed E-state index contributed by atoms with van der Waals surface area (Å²) in [7, 11) is 1.65. The predicted octanol–water partition coefficient (Wildman–Crippen LogP) is 3.66. The van der Waals surface area contributed by atoms with E-state index in [9.17, 15) is 0 Å². The molecule has 2 aromatic heterocycles. The highest BCUT2D eigenvalue weighted by molar-refractivity contribution is 6.30. The fraction of sp³-hybridized carbons (Fsp3) is 0.0714. The maximum Gasteiger partial charge on any atom is 0.149 e. The van der Waals surface area contributed by atoms with Crippen LogP contribution in [0.25, 0.3) is 16.9 Å². The van der Waals surface area contributed by atoms with Crippen molar-refractivity contribution in [2.75, 3.05) is 7.11 Å². The Hall–Kier alpha value is -2.00. The van der Waals surface area contributed by atoms with Gasteiger partial charge in [0.1, 0.15) is 16.7 Å². The molecule has 0 saturated heterocycles. The second-order valence-corrected chi connectivity index (χ2v) is 4.28. The van der Waals surface area contributed by atoms with E-state index in [1.165, 1.54) is 0 Å². The minimum absolute atomic E-state index is 0.630. The van der Waals surface area contributed by atoms with Crippen molar-refractivity contribution < 1.29 is 4.74 Å². The van der Waals surface area contributed by atoms with Crippen LogP contribution in [0, 0.1) is 0 Å². The number of methoxy groups -OCH3 is 1. The number of ether oxygens (including phenoxy) is 1. The fourth-order valence-corrected chi connectivity index (χ4v) is 2.28. The molecule has 4 heteroatoms. The van der Waals surface area contributed by atoms with E-state index in [2.05, 4.69) is 4.98 Å². The summed E-state index contributed by atoms with van der Waals surface area (Å²) in [5, 5.41) is 0.630. The number of nitrogens with zero attached hydrogens (tertiary/aromatic N) is 2. The van der Waals surface area contributed by atoms with Crippen molar-refractivity contribution in [2.45, 2.75) is 0 Å². The highest BCUT2D eigenvalue weighted by atomic mass is 35.5. The second kappa shape index (κ2) is 4.35. The molecule has 1 aromatic carbocycles. The van der Waals surface area contributed by atoms with E-state index >= 15 is 0 Å². The molecule has 90 valence electrons. The Labute approximate surface area is 110 Å². The van der Waals surface area contributed by atoms with Crippen LogP contribution in [0.1, 0.15) is 0 Å². The number of aromatic nitrogens is 2. The monoisotopic (exact) mass is 258 g/mol. The highest BCUT2D eigenvalue weighted by Gasteiger charge is 2.12. The average molecular weight is 259 g/mol. The maximum absolute atomic E-state index is 6.23. The Morgan fingerprint density at radius 3 is 2.78 bits per heavy atom. The summed E-state index contributed by atoms with van der Waals surface area (Å²) in [5.41, 5.74) is 1.89. The molecule has 0 aliphatic carbocycles. The Bertz CT molecular complexity index is 706. The molecule has 0 saturated carbocycles. The van der Waals surface area contributed by atoms with Crippen molar-refractivity contribution in [3.63, 3.8) is 0 Å². The van der Waals surface area contributed by atoms with Gasteiger partial charge < -0.3 is 4.74 Å². The zero-order chi connectivity index (χ0) is 12.5. The van der Waals surface area contributed by atoms with Gasteiger partial charge in [0.25, 0.3) is 0 Å². The number of imidazole rings is 1. The van der Waals surface area contributed by atoms with Gasteiger partial charge in [-0.15, -0.1) is 0 Å². The molecule has 0 aliphatic rings. The number of pyridine rings is 1. The van der Waals surface area contributed by atoms with E-state index in [-0.39, 0.29) is 0 Å². The Morgan fingerprint density at radius 2 is 1.94 bits per heavy atom. The van der Waals surface area contributed by atoms with Crippen LogP contribution >= 0.6 is 11.6 Å². The first-order valence-corrected chi connectivity index (χ1v) is 5.94. The molecule has 3 aromatic rings. The maximum atomic E-state index is 6.23. The molecule has 3 nitrogen and oxygen atoms in total. The van der Waals surface area contributed by atoms with Crippen molar-refractivity contribution in [1.82, 2.24) is 9.38 Å². The number of hydrogen-bond donors (Lipinski definition) is 0. The molecule has 0 N–H and O–H groups in total. The first-order valence-electron chi connectivity index (χ1n) is 5.56. The van der Waals surface area contributed by atoms with E-state index in [1.54, 1.807) is 13.3 Å². The van der Waals surface area contributed by atoms with Crippen molar-refractivity contribution in [2.24, 2.45) is 0 Å². The lowest BCUT2D eigenvalue weighted by Crippen LogP contribution is -1.94. The third-order valence-corrected chi connectivity index (χ3v) is 3.15. The first-order chi connectivity index (χ1) is 8.81. The van der Waals surface area contributed by atoms with Crippen molar-refractivity contribution in [3.8, 4) is 17.1 Å². The van der Waals surface area contributed by atoms with Gasteiger partial charge in [0.05, 0.1) is 24.4 Å². The van der Waals surface area contributed by atoms with E-state index in [0.29, 0.717) is 5.15 Å². The number of halogens is 1. The minimum atomic E-state index is 0.630. The fourth-order valence-electron chi connectivity index (χ4n) is 2.03. The number of para-hydroxylation sites is 1. The summed E-state index contributed by atoms with van der Waals surface area (Å²) >= 11 is 6.23. The quantitative estimate of drug-likeness (QED) is 0.656. The van der Waals surface area contributed by atoms with Gasteiger partial charge in [0.15, 0.2) is 0 Å². The van der Waals surface area contributed by atoms with Crippen LogP contribution in [0.15, 0.2) is 48.7 Å². The minimum Gasteiger partial charge on any atom is -0.496 e. The summed E-state index contributed by atoms with van der Waals surface area (Å²) < 4.78 is 7.26. The van der Waals surface area contributed by atoms with Gasteiger partial charge in [-0.3, -0.25) is 4.40 Å². The SMILES string of the molecule is COc1ccccc1-c1ncc2cccc(Cl)n12. The summed E-state index contributed by atoms with van der Waals surface area (Å²) in [6, 6.07) is 13.5. The third kappa shape index (κ3) is 1.64. The molecule has 0 bridgehead atoms. The Balaban J connectivity index is 2.32. The molecule has 0 atom stereocenters. The Morgan fingerprint density at radius 1 is 1.11 bits per heavy atom. The normalized spacial score (nSPS) is 10.8. The molecule has 0 fully saturated rings. The zero-order valence-electron chi connectivity index (χ0n) is 9.80.